The van der Waals surface area contributed by atoms with Crippen molar-refractivity contribution >= 4 is 22.3 Å². The van der Waals surface area contributed by atoms with Crippen molar-refractivity contribution in [2.24, 2.45) is 0 Å². The molecule has 0 spiro atoms. The molecule has 0 amide bonds. The average molecular weight is 217 g/mol. The summed E-state index contributed by atoms with van der Waals surface area (Å²) in [6, 6.07) is 5.76. The van der Waals surface area contributed by atoms with Crippen molar-refractivity contribution in [3.63, 3.8) is 0 Å². The van der Waals surface area contributed by atoms with Crippen LogP contribution >= 0.6 is 0 Å². The van der Waals surface area contributed by atoms with Crippen LogP contribution in [0, 0.1) is 6.92 Å². The maximum absolute atomic E-state index is 8.79. The van der Waals surface area contributed by atoms with Crippen LogP contribution in [0.4, 0.5) is 11.5 Å². The summed E-state index contributed by atoms with van der Waals surface area (Å²) >= 11 is 0. The third-order valence-corrected chi connectivity index (χ3v) is 2.54. The number of aryl methyl sites for hydroxylation is 1. The molecule has 0 aliphatic heterocycles. The lowest BCUT2D eigenvalue weighted by Gasteiger charge is -2.10. The van der Waals surface area contributed by atoms with Crippen LogP contribution in [-0.2, 0) is 0 Å². The molecule has 0 radical (unpaired) electrons. The molecule has 0 saturated carbocycles. The number of nitrogen functional groups attached to an aromatic ring is 1. The number of hydrogen-bond donors (Lipinski definition) is 3. The van der Waals surface area contributed by atoms with E-state index in [-0.39, 0.29) is 6.61 Å². The first-order valence-electron chi connectivity index (χ1n) is 5.22. The number of aliphatic hydroxyl groups excluding tert-OH is 1. The van der Waals surface area contributed by atoms with Crippen molar-refractivity contribution in [3.8, 4) is 0 Å². The van der Waals surface area contributed by atoms with Crippen molar-refractivity contribution in [3.05, 3.63) is 30.0 Å². The van der Waals surface area contributed by atoms with E-state index in [0.29, 0.717) is 6.54 Å². The lowest BCUT2D eigenvalue weighted by atomic mass is 10.1. The number of nitrogens with two attached hydrogens (primary N) is 1. The summed E-state index contributed by atoms with van der Waals surface area (Å²) in [5.74, 6) is 0.766. The second-order valence-corrected chi connectivity index (χ2v) is 3.71. The van der Waals surface area contributed by atoms with E-state index < -0.39 is 0 Å². The molecule has 0 saturated heterocycles. The van der Waals surface area contributed by atoms with E-state index in [1.54, 1.807) is 6.20 Å². The van der Waals surface area contributed by atoms with E-state index in [9.17, 15) is 0 Å². The number of hydrogen-bond acceptors (Lipinski definition) is 4. The van der Waals surface area contributed by atoms with Gasteiger partial charge in [0.1, 0.15) is 5.82 Å². The summed E-state index contributed by atoms with van der Waals surface area (Å²) in [5.41, 5.74) is 7.76. The fraction of sp³-hybridized carbons (Fsp3) is 0.250. The van der Waals surface area contributed by atoms with Crippen LogP contribution in [-0.4, -0.2) is 23.2 Å². The summed E-state index contributed by atoms with van der Waals surface area (Å²) in [6.07, 6.45) is 1.79. The molecule has 4 N–H and O–H groups in total. The van der Waals surface area contributed by atoms with Gasteiger partial charge in [-0.25, -0.2) is 4.98 Å². The van der Waals surface area contributed by atoms with E-state index in [2.05, 4.69) is 10.3 Å². The summed E-state index contributed by atoms with van der Waals surface area (Å²) in [7, 11) is 0. The summed E-state index contributed by atoms with van der Waals surface area (Å²) in [5, 5.41) is 13.9. The minimum atomic E-state index is 0.0827. The minimum absolute atomic E-state index is 0.0827. The predicted octanol–water partition coefficient (Wildman–Crippen LogP) is 1.53. The number of aromatic nitrogens is 1. The minimum Gasteiger partial charge on any atom is -0.398 e. The normalized spacial score (nSPS) is 10.6. The molecule has 1 aromatic carbocycles. The van der Waals surface area contributed by atoms with Crippen LogP contribution in [0.1, 0.15) is 5.56 Å². The number of benzene rings is 1. The highest BCUT2D eigenvalue weighted by atomic mass is 16.3. The molecule has 0 bridgehead atoms. The van der Waals surface area contributed by atoms with Crippen LogP contribution < -0.4 is 11.1 Å². The van der Waals surface area contributed by atoms with Crippen molar-refractivity contribution in [1.29, 1.82) is 0 Å². The fourth-order valence-corrected chi connectivity index (χ4v) is 1.82. The molecule has 16 heavy (non-hydrogen) atoms. The molecule has 1 heterocycles. The summed E-state index contributed by atoms with van der Waals surface area (Å²) in [6.45, 7) is 2.56. The molecule has 1 aromatic heterocycles. The maximum Gasteiger partial charge on any atom is 0.133 e. The summed E-state index contributed by atoms with van der Waals surface area (Å²) < 4.78 is 0. The molecule has 84 valence electrons. The molecular formula is C12H15N3O. The number of pyridine rings is 1. The number of nitrogens with one attached hydrogen (secondary N) is 1. The number of nitrogens with zero attached hydrogens (tertiary/aromatic N) is 1. The Hall–Kier alpha value is -1.81. The molecule has 0 atom stereocenters. The largest absolute Gasteiger partial charge is 0.398 e. The van der Waals surface area contributed by atoms with Gasteiger partial charge in [-0.05, 0) is 18.6 Å². The van der Waals surface area contributed by atoms with Gasteiger partial charge in [-0.15, -0.1) is 0 Å². The quantitative estimate of drug-likeness (QED) is 0.682. The first kappa shape index (κ1) is 10.7. The van der Waals surface area contributed by atoms with Gasteiger partial charge in [0, 0.05) is 29.2 Å². The molecule has 2 aromatic rings. The van der Waals surface area contributed by atoms with Crippen molar-refractivity contribution in [2.45, 2.75) is 6.92 Å². The van der Waals surface area contributed by atoms with Gasteiger partial charge in [-0.3, -0.25) is 0 Å². The Balaban J connectivity index is 2.60. The zero-order valence-electron chi connectivity index (χ0n) is 9.20. The number of anilines is 2. The molecule has 2 rings (SSSR count). The Morgan fingerprint density at radius 2 is 2.25 bits per heavy atom. The molecule has 4 heteroatoms. The van der Waals surface area contributed by atoms with Crippen molar-refractivity contribution < 1.29 is 5.11 Å². The second kappa shape index (κ2) is 4.37. The van der Waals surface area contributed by atoms with Gasteiger partial charge < -0.3 is 16.2 Å². The Labute approximate surface area is 94.1 Å². The predicted molar refractivity (Wildman–Crippen MR) is 66.5 cm³/mol. The SMILES string of the molecule is Cc1cnc(NCCO)c2cccc(N)c12. The van der Waals surface area contributed by atoms with Gasteiger partial charge >= 0.3 is 0 Å². The topological polar surface area (TPSA) is 71.2 Å². The van der Waals surface area contributed by atoms with E-state index in [0.717, 1.165) is 27.8 Å². The molecular weight excluding hydrogens is 202 g/mol. The highest BCUT2D eigenvalue weighted by Crippen LogP contribution is 2.28. The van der Waals surface area contributed by atoms with Gasteiger partial charge in [-0.2, -0.15) is 0 Å². The van der Waals surface area contributed by atoms with Gasteiger partial charge in [0.15, 0.2) is 0 Å². The third-order valence-electron chi connectivity index (χ3n) is 2.54. The Morgan fingerprint density at radius 3 is 3.00 bits per heavy atom. The van der Waals surface area contributed by atoms with Crippen LogP contribution in [0.15, 0.2) is 24.4 Å². The smallest absolute Gasteiger partial charge is 0.133 e. The molecule has 0 unspecified atom stereocenters. The lowest BCUT2D eigenvalue weighted by molar-refractivity contribution is 0.311. The Morgan fingerprint density at radius 1 is 1.44 bits per heavy atom. The molecule has 0 aliphatic rings. The van der Waals surface area contributed by atoms with E-state index in [4.69, 9.17) is 10.8 Å². The maximum atomic E-state index is 8.79. The number of fused-ring (bicyclic) bond motifs is 1. The van der Waals surface area contributed by atoms with Gasteiger partial charge in [0.2, 0.25) is 0 Å². The first-order chi connectivity index (χ1) is 7.74. The monoisotopic (exact) mass is 217 g/mol. The van der Waals surface area contributed by atoms with Crippen LogP contribution in [0.5, 0.6) is 0 Å². The fourth-order valence-electron chi connectivity index (χ4n) is 1.82. The van der Waals surface area contributed by atoms with Crippen LogP contribution in [0.25, 0.3) is 10.8 Å². The summed E-state index contributed by atoms with van der Waals surface area (Å²) in [4.78, 5) is 4.31. The zero-order chi connectivity index (χ0) is 11.5. The van der Waals surface area contributed by atoms with Crippen molar-refractivity contribution in [1.82, 2.24) is 4.98 Å². The Kier molecular flexibility index (Phi) is 2.92. The average Bonchev–Trinajstić information content (AvgIpc) is 2.28. The van der Waals surface area contributed by atoms with Crippen LogP contribution in [0.3, 0.4) is 0 Å². The second-order valence-electron chi connectivity index (χ2n) is 3.71. The van der Waals surface area contributed by atoms with Crippen LogP contribution in [0.2, 0.25) is 0 Å². The van der Waals surface area contributed by atoms with E-state index in [1.165, 1.54) is 0 Å². The van der Waals surface area contributed by atoms with Crippen molar-refractivity contribution in [2.75, 3.05) is 24.2 Å². The molecule has 4 nitrogen and oxygen atoms in total. The number of rotatable bonds is 3. The Bertz CT molecular complexity index is 503. The highest BCUT2D eigenvalue weighted by Gasteiger charge is 2.06. The van der Waals surface area contributed by atoms with Gasteiger partial charge in [0.25, 0.3) is 0 Å². The van der Waals surface area contributed by atoms with Gasteiger partial charge in [0.05, 0.1) is 6.61 Å². The van der Waals surface area contributed by atoms with E-state index >= 15 is 0 Å². The molecule has 0 aliphatic carbocycles. The third kappa shape index (κ3) is 1.79. The highest BCUT2D eigenvalue weighted by molar-refractivity contribution is 6.01. The lowest BCUT2D eigenvalue weighted by Crippen LogP contribution is -2.07. The van der Waals surface area contributed by atoms with Gasteiger partial charge in [-0.1, -0.05) is 12.1 Å². The first-order valence-corrected chi connectivity index (χ1v) is 5.22. The standard InChI is InChI=1S/C12H15N3O/c1-8-7-15-12(14-5-6-16)9-3-2-4-10(13)11(8)9/h2-4,7,16H,5-6,13H2,1H3,(H,14,15). The zero-order valence-corrected chi connectivity index (χ0v) is 9.20. The molecule has 0 fully saturated rings. The van der Waals surface area contributed by atoms with E-state index in [1.807, 2.05) is 25.1 Å². The number of aliphatic hydroxyl groups is 1.